The Morgan fingerprint density at radius 2 is 1.89 bits per heavy atom. The lowest BCUT2D eigenvalue weighted by atomic mass is 9.88. The minimum absolute atomic E-state index is 0.139. The molecule has 0 spiro atoms. The molecule has 3 rings (SSSR count). The largest absolute Gasteiger partial charge is 0.494 e. The van der Waals surface area contributed by atoms with Crippen molar-refractivity contribution in [3.63, 3.8) is 0 Å². The van der Waals surface area contributed by atoms with Crippen LogP contribution in [-0.2, 0) is 4.79 Å². The third kappa shape index (κ3) is 4.49. The summed E-state index contributed by atoms with van der Waals surface area (Å²) in [5.41, 5.74) is 2.04. The van der Waals surface area contributed by atoms with Crippen molar-refractivity contribution in [2.75, 3.05) is 38.2 Å². The molecule has 0 atom stereocenters. The van der Waals surface area contributed by atoms with Crippen LogP contribution in [0.5, 0.6) is 5.75 Å². The molecular weight excluding hydrogens is 370 g/mol. The number of carbonyl (C=O) groups is 1. The minimum Gasteiger partial charge on any atom is -0.494 e. The molecule has 28 heavy (non-hydrogen) atoms. The first kappa shape index (κ1) is 21.1. The number of aromatic nitrogens is 1. The first-order valence-electron chi connectivity index (χ1n) is 10.6. The van der Waals surface area contributed by atoms with Gasteiger partial charge in [-0.15, -0.1) is 0 Å². The number of rotatable bonds is 8. The zero-order valence-electron chi connectivity index (χ0n) is 17.7. The van der Waals surface area contributed by atoms with Gasteiger partial charge in [0.25, 0.3) is 0 Å². The molecule has 1 saturated carbocycles. The van der Waals surface area contributed by atoms with Gasteiger partial charge in [0.2, 0.25) is 5.91 Å². The average Bonchev–Trinajstić information content (AvgIpc) is 3.18. The van der Waals surface area contributed by atoms with E-state index in [9.17, 15) is 4.79 Å². The van der Waals surface area contributed by atoms with Gasteiger partial charge in [0.1, 0.15) is 11.3 Å². The standard InChI is InChI=1S/C22H33N3O2S/c1-5-24(6-2)14-15-25(21(26)17-10-8-7-9-11-17)22-23-19-18(27-4)13-12-16(3)20(19)28-22/h12-13,17H,5-11,14-15H2,1-4H3. The van der Waals surface area contributed by atoms with Crippen molar-refractivity contribution in [3.8, 4) is 5.75 Å². The van der Waals surface area contributed by atoms with Crippen LogP contribution in [-0.4, -0.2) is 49.1 Å². The number of nitrogens with zero attached hydrogens (tertiary/aromatic N) is 3. The highest BCUT2D eigenvalue weighted by Gasteiger charge is 2.29. The molecule has 1 aliphatic rings. The van der Waals surface area contributed by atoms with Crippen LogP contribution in [0.1, 0.15) is 51.5 Å². The predicted molar refractivity (Wildman–Crippen MR) is 118 cm³/mol. The van der Waals surface area contributed by atoms with Crippen LogP contribution in [0.15, 0.2) is 12.1 Å². The average molecular weight is 404 g/mol. The molecule has 1 aromatic heterocycles. The van der Waals surface area contributed by atoms with Gasteiger partial charge in [-0.2, -0.15) is 0 Å². The third-order valence-electron chi connectivity index (χ3n) is 5.90. The molecule has 0 N–H and O–H groups in total. The maximum atomic E-state index is 13.4. The van der Waals surface area contributed by atoms with Crippen LogP contribution < -0.4 is 9.64 Å². The van der Waals surface area contributed by atoms with Crippen molar-refractivity contribution in [3.05, 3.63) is 17.7 Å². The van der Waals surface area contributed by atoms with E-state index >= 15 is 0 Å². The lowest BCUT2D eigenvalue weighted by Gasteiger charge is -2.29. The van der Waals surface area contributed by atoms with Crippen molar-refractivity contribution < 1.29 is 9.53 Å². The molecular formula is C22H33N3O2S. The van der Waals surface area contributed by atoms with Gasteiger partial charge in [-0.05, 0) is 44.5 Å². The van der Waals surface area contributed by atoms with Crippen molar-refractivity contribution in [2.24, 2.45) is 5.92 Å². The zero-order chi connectivity index (χ0) is 20.1. The van der Waals surface area contributed by atoms with E-state index in [1.807, 2.05) is 11.0 Å². The van der Waals surface area contributed by atoms with Gasteiger partial charge < -0.3 is 9.64 Å². The molecule has 0 aliphatic heterocycles. The highest BCUT2D eigenvalue weighted by atomic mass is 32.1. The number of ether oxygens (including phenoxy) is 1. The fraction of sp³-hybridized carbons (Fsp3) is 0.636. The van der Waals surface area contributed by atoms with Crippen LogP contribution in [0.3, 0.4) is 0 Å². The summed E-state index contributed by atoms with van der Waals surface area (Å²) in [6.07, 6.45) is 5.59. The molecule has 0 unspecified atom stereocenters. The van der Waals surface area contributed by atoms with E-state index in [1.165, 1.54) is 12.0 Å². The first-order chi connectivity index (χ1) is 13.6. The number of hydrogen-bond donors (Lipinski definition) is 0. The second-order valence-electron chi connectivity index (χ2n) is 7.61. The lowest BCUT2D eigenvalue weighted by molar-refractivity contribution is -0.123. The molecule has 1 amide bonds. The van der Waals surface area contributed by atoms with Gasteiger partial charge in [0.15, 0.2) is 5.13 Å². The summed E-state index contributed by atoms with van der Waals surface area (Å²) in [6, 6.07) is 4.02. The molecule has 154 valence electrons. The SMILES string of the molecule is CCN(CC)CCN(C(=O)C1CCCCC1)c1nc2c(OC)ccc(C)c2s1. The second-order valence-corrected chi connectivity index (χ2v) is 8.59. The van der Waals surface area contributed by atoms with E-state index in [0.717, 1.165) is 66.4 Å². The Morgan fingerprint density at radius 3 is 2.54 bits per heavy atom. The number of amides is 1. The van der Waals surface area contributed by atoms with E-state index in [1.54, 1.807) is 18.4 Å². The summed E-state index contributed by atoms with van der Waals surface area (Å²) in [5, 5.41) is 0.810. The first-order valence-corrected chi connectivity index (χ1v) is 11.4. The Labute approximate surface area is 172 Å². The molecule has 1 aromatic carbocycles. The maximum absolute atomic E-state index is 13.4. The van der Waals surface area contributed by atoms with Crippen LogP contribution in [0.25, 0.3) is 10.2 Å². The predicted octanol–water partition coefficient (Wildman–Crippen LogP) is 4.87. The molecule has 1 fully saturated rings. The van der Waals surface area contributed by atoms with Crippen molar-refractivity contribution in [1.29, 1.82) is 0 Å². The zero-order valence-corrected chi connectivity index (χ0v) is 18.5. The number of likely N-dealkylation sites (N-methyl/N-ethyl adjacent to an activating group) is 1. The van der Waals surface area contributed by atoms with Gasteiger partial charge in [-0.1, -0.05) is 50.5 Å². The molecule has 1 aliphatic carbocycles. The number of anilines is 1. The summed E-state index contributed by atoms with van der Waals surface area (Å²) in [4.78, 5) is 22.6. The Morgan fingerprint density at radius 1 is 1.18 bits per heavy atom. The van der Waals surface area contributed by atoms with Gasteiger partial charge in [-0.25, -0.2) is 4.98 Å². The van der Waals surface area contributed by atoms with E-state index in [0.29, 0.717) is 6.54 Å². The van der Waals surface area contributed by atoms with Crippen molar-refractivity contribution in [1.82, 2.24) is 9.88 Å². The van der Waals surface area contributed by atoms with Gasteiger partial charge in [0.05, 0.1) is 11.8 Å². The van der Waals surface area contributed by atoms with Crippen LogP contribution >= 0.6 is 11.3 Å². The summed E-state index contributed by atoms with van der Waals surface area (Å²) in [5.74, 6) is 1.17. The van der Waals surface area contributed by atoms with E-state index in [4.69, 9.17) is 9.72 Å². The van der Waals surface area contributed by atoms with Gasteiger partial charge in [-0.3, -0.25) is 9.69 Å². The highest BCUT2D eigenvalue weighted by molar-refractivity contribution is 7.22. The lowest BCUT2D eigenvalue weighted by Crippen LogP contribution is -2.42. The molecule has 5 nitrogen and oxygen atoms in total. The second kappa shape index (κ2) is 9.70. The van der Waals surface area contributed by atoms with E-state index in [-0.39, 0.29) is 11.8 Å². The summed E-state index contributed by atoms with van der Waals surface area (Å²) in [7, 11) is 1.68. The summed E-state index contributed by atoms with van der Waals surface area (Å²) < 4.78 is 6.63. The fourth-order valence-electron chi connectivity index (χ4n) is 4.03. The quantitative estimate of drug-likeness (QED) is 0.631. The number of hydrogen-bond acceptors (Lipinski definition) is 5. The Bertz CT molecular complexity index is 794. The number of aryl methyl sites for hydroxylation is 1. The summed E-state index contributed by atoms with van der Waals surface area (Å²) in [6.45, 7) is 9.98. The molecule has 1 heterocycles. The smallest absolute Gasteiger partial charge is 0.231 e. The van der Waals surface area contributed by atoms with Crippen molar-refractivity contribution in [2.45, 2.75) is 52.9 Å². The number of methoxy groups -OCH3 is 1. The Kier molecular flexibility index (Phi) is 7.30. The maximum Gasteiger partial charge on any atom is 0.231 e. The normalized spacial score (nSPS) is 15.3. The van der Waals surface area contributed by atoms with Crippen LogP contribution in [0.2, 0.25) is 0 Å². The van der Waals surface area contributed by atoms with Crippen LogP contribution in [0, 0.1) is 12.8 Å². The van der Waals surface area contributed by atoms with Gasteiger partial charge in [0, 0.05) is 19.0 Å². The minimum atomic E-state index is 0.139. The summed E-state index contributed by atoms with van der Waals surface area (Å²) >= 11 is 1.62. The number of thiazole rings is 1. The monoisotopic (exact) mass is 403 g/mol. The molecule has 0 radical (unpaired) electrons. The Hall–Kier alpha value is -1.66. The number of carbonyl (C=O) groups excluding carboxylic acids is 1. The third-order valence-corrected chi connectivity index (χ3v) is 7.11. The Balaban J connectivity index is 1.94. The molecule has 6 heteroatoms. The fourth-order valence-corrected chi connectivity index (χ4v) is 5.11. The topological polar surface area (TPSA) is 45.7 Å². The molecule has 0 bridgehead atoms. The van der Waals surface area contributed by atoms with E-state index in [2.05, 4.69) is 31.7 Å². The van der Waals surface area contributed by atoms with E-state index < -0.39 is 0 Å². The van der Waals surface area contributed by atoms with Gasteiger partial charge >= 0.3 is 0 Å². The molecule has 0 saturated heterocycles. The number of fused-ring (bicyclic) bond motifs is 1. The number of benzene rings is 1. The molecule has 2 aromatic rings. The highest BCUT2D eigenvalue weighted by Crippen LogP contribution is 2.37. The van der Waals surface area contributed by atoms with Crippen molar-refractivity contribution >= 4 is 32.6 Å². The van der Waals surface area contributed by atoms with Crippen LogP contribution in [0.4, 0.5) is 5.13 Å².